The fourth-order valence-electron chi connectivity index (χ4n) is 2.02. The number of thioether (sulfide) groups is 1. The van der Waals surface area contributed by atoms with Crippen molar-refractivity contribution in [2.75, 3.05) is 6.61 Å². The first-order chi connectivity index (χ1) is 9.97. The number of aliphatic hydroxyl groups excluding tert-OH is 3. The Hall–Kier alpha value is -0.660. The van der Waals surface area contributed by atoms with Crippen molar-refractivity contribution in [1.29, 1.82) is 5.26 Å². The van der Waals surface area contributed by atoms with Gasteiger partial charge >= 0.3 is 0 Å². The van der Waals surface area contributed by atoms with E-state index in [9.17, 15) is 15.3 Å². The minimum absolute atomic E-state index is 0.401. The molecule has 5 atom stereocenters. The molecule has 114 valence electrons. The van der Waals surface area contributed by atoms with Gasteiger partial charge in [-0.15, -0.1) is 0 Å². The highest BCUT2D eigenvalue weighted by Crippen LogP contribution is 2.35. The Balaban J connectivity index is 2.22. The van der Waals surface area contributed by atoms with E-state index in [1.165, 1.54) is 0 Å². The molecule has 8 heteroatoms. The van der Waals surface area contributed by atoms with Crippen molar-refractivity contribution in [1.82, 2.24) is 0 Å². The summed E-state index contributed by atoms with van der Waals surface area (Å²) in [5, 5.41) is 38.2. The van der Waals surface area contributed by atoms with Gasteiger partial charge in [0.2, 0.25) is 0 Å². The molecule has 0 saturated carbocycles. The maximum absolute atomic E-state index is 10.1. The molecule has 0 amide bonds. The van der Waals surface area contributed by atoms with E-state index in [0.717, 1.165) is 16.2 Å². The van der Waals surface area contributed by atoms with Gasteiger partial charge in [0.15, 0.2) is 0 Å². The third kappa shape index (κ3) is 3.57. The fourth-order valence-corrected chi connectivity index (χ4v) is 3.74. The molecule has 1 aromatic rings. The van der Waals surface area contributed by atoms with Gasteiger partial charge in [0.1, 0.15) is 29.8 Å². The number of nitrogens with zero attached hydrogens (tertiary/aromatic N) is 1. The van der Waals surface area contributed by atoms with Gasteiger partial charge in [-0.1, -0.05) is 27.7 Å². The zero-order chi connectivity index (χ0) is 15.6. The number of aliphatic hydroxyl groups is 3. The lowest BCUT2D eigenvalue weighted by Crippen LogP contribution is -2.61. The van der Waals surface area contributed by atoms with Crippen LogP contribution >= 0.6 is 27.7 Å². The summed E-state index contributed by atoms with van der Waals surface area (Å²) < 4.78 is 6.27. The highest BCUT2D eigenvalue weighted by Gasteiger charge is 2.42. The summed E-state index contributed by atoms with van der Waals surface area (Å²) in [5.74, 6) is 0. The molecule has 6 nitrogen and oxygen atoms in total. The Labute approximate surface area is 134 Å². The van der Waals surface area contributed by atoms with Crippen molar-refractivity contribution >= 4 is 27.7 Å². The number of hydrogen-bond acceptors (Lipinski definition) is 7. The van der Waals surface area contributed by atoms with Gasteiger partial charge in [-0.25, -0.2) is 0 Å². The van der Waals surface area contributed by atoms with E-state index in [1.54, 1.807) is 18.2 Å². The second-order valence-electron chi connectivity index (χ2n) is 4.65. The summed E-state index contributed by atoms with van der Waals surface area (Å²) in [7, 11) is 0. The minimum Gasteiger partial charge on any atom is -0.394 e. The Morgan fingerprint density at radius 1 is 1.38 bits per heavy atom. The Morgan fingerprint density at radius 2 is 2.10 bits per heavy atom. The number of ether oxygens (including phenoxy) is 1. The number of nitrogens with two attached hydrogens (primary N) is 1. The summed E-state index contributed by atoms with van der Waals surface area (Å²) in [5.41, 5.74) is 5.42. The van der Waals surface area contributed by atoms with Crippen molar-refractivity contribution in [2.45, 2.75) is 34.7 Å². The molecule has 1 saturated heterocycles. The first-order valence-corrected chi connectivity index (χ1v) is 7.89. The molecule has 1 aliphatic heterocycles. The van der Waals surface area contributed by atoms with Gasteiger partial charge in [-0.3, -0.25) is 0 Å². The molecule has 0 aliphatic carbocycles. The van der Waals surface area contributed by atoms with Crippen LogP contribution < -0.4 is 5.73 Å². The maximum atomic E-state index is 10.1. The van der Waals surface area contributed by atoms with Gasteiger partial charge in [0, 0.05) is 9.37 Å². The van der Waals surface area contributed by atoms with E-state index < -0.39 is 36.4 Å². The first kappa shape index (κ1) is 16.7. The standard InChI is InChI=1S/C13H15BrN2O4S/c14-7-2-1-6(4-15)9(3-7)21-13-12(19)10(16)11(18)8(5-17)20-13/h1-3,8,10-13,17-19H,5,16H2. The molecular formula is C13H15BrN2O4S. The maximum Gasteiger partial charge on any atom is 0.135 e. The van der Waals surface area contributed by atoms with Crippen LogP contribution in [0.5, 0.6) is 0 Å². The van der Waals surface area contributed by atoms with Crippen LogP contribution in [-0.4, -0.2) is 51.7 Å². The molecule has 1 aliphatic rings. The molecule has 0 bridgehead atoms. The van der Waals surface area contributed by atoms with Crippen molar-refractivity contribution < 1.29 is 20.1 Å². The van der Waals surface area contributed by atoms with Crippen molar-refractivity contribution in [3.63, 3.8) is 0 Å². The van der Waals surface area contributed by atoms with E-state index in [2.05, 4.69) is 22.0 Å². The molecule has 1 fully saturated rings. The number of halogens is 1. The minimum atomic E-state index is -1.14. The van der Waals surface area contributed by atoms with E-state index in [1.807, 2.05) is 0 Å². The second-order valence-corrected chi connectivity index (χ2v) is 6.71. The zero-order valence-corrected chi connectivity index (χ0v) is 13.3. The Bertz CT molecular complexity index is 551. The monoisotopic (exact) mass is 374 g/mol. The number of hydrogen-bond donors (Lipinski definition) is 4. The van der Waals surface area contributed by atoms with Gasteiger partial charge in [0.05, 0.1) is 18.2 Å². The normalized spacial score (nSPS) is 32.7. The van der Waals surface area contributed by atoms with Crippen LogP contribution in [0.15, 0.2) is 27.6 Å². The topological polar surface area (TPSA) is 120 Å². The molecule has 5 N–H and O–H groups in total. The van der Waals surface area contributed by atoms with E-state index in [-0.39, 0.29) is 0 Å². The second kappa shape index (κ2) is 7.07. The van der Waals surface area contributed by atoms with Gasteiger partial charge in [-0.05, 0) is 18.2 Å². The molecule has 1 aromatic carbocycles. The van der Waals surface area contributed by atoms with Crippen LogP contribution in [0.1, 0.15) is 5.56 Å². The number of rotatable bonds is 3. The SMILES string of the molecule is N#Cc1ccc(Br)cc1SC1OC(CO)C(O)C(N)C1O. The van der Waals surface area contributed by atoms with Crippen LogP contribution in [0.25, 0.3) is 0 Å². The quantitative estimate of drug-likeness (QED) is 0.595. The third-order valence-corrected chi connectivity index (χ3v) is 4.95. The average Bonchev–Trinajstić information content (AvgIpc) is 2.48. The molecule has 1 heterocycles. The summed E-state index contributed by atoms with van der Waals surface area (Å²) >= 11 is 4.46. The summed E-state index contributed by atoms with van der Waals surface area (Å²) in [6, 6.07) is 6.27. The van der Waals surface area contributed by atoms with Gasteiger partial charge in [0.25, 0.3) is 0 Å². The number of benzene rings is 1. The summed E-state index contributed by atoms with van der Waals surface area (Å²) in [6.07, 6.45) is -3.11. The van der Waals surface area contributed by atoms with Crippen LogP contribution in [0.3, 0.4) is 0 Å². The summed E-state index contributed by atoms with van der Waals surface area (Å²) in [6.45, 7) is -0.401. The largest absolute Gasteiger partial charge is 0.394 e. The van der Waals surface area contributed by atoms with E-state index in [0.29, 0.717) is 10.5 Å². The van der Waals surface area contributed by atoms with Crippen molar-refractivity contribution in [3.8, 4) is 6.07 Å². The molecule has 2 rings (SSSR count). The smallest absolute Gasteiger partial charge is 0.135 e. The van der Waals surface area contributed by atoms with Crippen molar-refractivity contribution in [3.05, 3.63) is 28.2 Å². The molecule has 0 radical (unpaired) electrons. The molecule has 21 heavy (non-hydrogen) atoms. The lowest BCUT2D eigenvalue weighted by atomic mass is 9.98. The highest BCUT2D eigenvalue weighted by atomic mass is 79.9. The predicted octanol–water partition coefficient (Wildman–Crippen LogP) is 0.179. The highest BCUT2D eigenvalue weighted by molar-refractivity contribution is 9.10. The summed E-state index contributed by atoms with van der Waals surface area (Å²) in [4.78, 5) is 0.621. The Kier molecular flexibility index (Phi) is 5.62. The van der Waals surface area contributed by atoms with Crippen molar-refractivity contribution in [2.24, 2.45) is 5.73 Å². The van der Waals surface area contributed by atoms with Crippen LogP contribution in [0, 0.1) is 11.3 Å². The zero-order valence-electron chi connectivity index (χ0n) is 10.9. The first-order valence-electron chi connectivity index (χ1n) is 6.22. The van der Waals surface area contributed by atoms with Gasteiger partial charge in [-0.2, -0.15) is 5.26 Å². The number of nitriles is 1. The molecular weight excluding hydrogens is 360 g/mol. The average molecular weight is 375 g/mol. The van der Waals surface area contributed by atoms with Crippen LogP contribution in [0.4, 0.5) is 0 Å². The molecule has 5 unspecified atom stereocenters. The van der Waals surface area contributed by atoms with E-state index in [4.69, 9.17) is 15.7 Å². The van der Waals surface area contributed by atoms with Gasteiger partial charge < -0.3 is 25.8 Å². The third-order valence-electron chi connectivity index (χ3n) is 3.24. The van der Waals surface area contributed by atoms with Crippen LogP contribution in [0.2, 0.25) is 0 Å². The van der Waals surface area contributed by atoms with Crippen LogP contribution in [-0.2, 0) is 4.74 Å². The lowest BCUT2D eigenvalue weighted by Gasteiger charge is -2.40. The fraction of sp³-hybridized carbons (Fsp3) is 0.462. The predicted molar refractivity (Wildman–Crippen MR) is 80.4 cm³/mol. The van der Waals surface area contributed by atoms with E-state index >= 15 is 0 Å². The molecule has 0 aromatic heterocycles. The lowest BCUT2D eigenvalue weighted by molar-refractivity contribution is -0.160. The molecule has 0 spiro atoms. The Morgan fingerprint density at radius 3 is 2.71 bits per heavy atom.